The topological polar surface area (TPSA) is 54.3 Å². The van der Waals surface area contributed by atoms with Crippen LogP contribution in [0.3, 0.4) is 0 Å². The molecule has 3 rings (SSSR count). The summed E-state index contributed by atoms with van der Waals surface area (Å²) >= 11 is 0. The van der Waals surface area contributed by atoms with E-state index < -0.39 is 0 Å². The summed E-state index contributed by atoms with van der Waals surface area (Å²) in [6, 6.07) is 5.97. The summed E-state index contributed by atoms with van der Waals surface area (Å²) in [7, 11) is 1.86. The van der Waals surface area contributed by atoms with Crippen molar-refractivity contribution in [1.82, 2.24) is 24.6 Å². The third kappa shape index (κ3) is 4.26. The second kappa shape index (κ2) is 7.19. The molecule has 1 saturated heterocycles. The number of aromatic nitrogens is 3. The lowest BCUT2D eigenvalue weighted by atomic mass is 10.2. The smallest absolute Gasteiger partial charge is 0.246 e. The van der Waals surface area contributed by atoms with Crippen molar-refractivity contribution in [2.24, 2.45) is 7.05 Å². The first-order chi connectivity index (χ1) is 11.2. The van der Waals surface area contributed by atoms with Crippen LogP contribution in [-0.4, -0.2) is 56.7 Å². The van der Waals surface area contributed by atoms with Crippen LogP contribution in [0.15, 0.2) is 42.9 Å². The molecular weight excluding hydrogens is 290 g/mol. The molecule has 2 aromatic rings. The molecule has 0 spiro atoms. The van der Waals surface area contributed by atoms with Crippen molar-refractivity contribution in [3.05, 3.63) is 54.1 Å². The maximum absolute atomic E-state index is 12.2. The Morgan fingerprint density at radius 1 is 1.26 bits per heavy atom. The molecule has 6 heteroatoms. The van der Waals surface area contributed by atoms with Gasteiger partial charge in [-0.1, -0.05) is 6.07 Å². The molecule has 3 heterocycles. The van der Waals surface area contributed by atoms with Gasteiger partial charge in [0, 0.05) is 63.8 Å². The van der Waals surface area contributed by atoms with Crippen molar-refractivity contribution < 1.29 is 4.79 Å². The van der Waals surface area contributed by atoms with Gasteiger partial charge < -0.3 is 4.90 Å². The van der Waals surface area contributed by atoms with E-state index in [1.807, 2.05) is 48.6 Å². The predicted octanol–water partition coefficient (Wildman–Crippen LogP) is 1.17. The van der Waals surface area contributed by atoms with Crippen LogP contribution >= 0.6 is 0 Å². The Hall–Kier alpha value is -2.47. The number of nitrogens with zero attached hydrogens (tertiary/aromatic N) is 5. The Morgan fingerprint density at radius 3 is 2.74 bits per heavy atom. The van der Waals surface area contributed by atoms with E-state index in [1.165, 1.54) is 0 Å². The molecule has 0 N–H and O–H groups in total. The van der Waals surface area contributed by atoms with E-state index in [0.717, 1.165) is 44.0 Å². The molecule has 120 valence electrons. The third-order valence-corrected chi connectivity index (χ3v) is 3.94. The van der Waals surface area contributed by atoms with Crippen LogP contribution in [0.2, 0.25) is 0 Å². The number of aryl methyl sites for hydroxylation is 1. The van der Waals surface area contributed by atoms with Gasteiger partial charge in [-0.15, -0.1) is 0 Å². The van der Waals surface area contributed by atoms with Crippen LogP contribution < -0.4 is 0 Å². The summed E-state index contributed by atoms with van der Waals surface area (Å²) in [5.41, 5.74) is 2.01. The lowest BCUT2D eigenvalue weighted by molar-refractivity contribution is -0.127. The molecule has 1 amide bonds. The maximum atomic E-state index is 12.2. The number of carbonyl (C=O) groups excluding carboxylic acids is 1. The highest BCUT2D eigenvalue weighted by atomic mass is 16.2. The quantitative estimate of drug-likeness (QED) is 0.796. The average molecular weight is 311 g/mol. The summed E-state index contributed by atoms with van der Waals surface area (Å²) in [5, 5.41) is 4.08. The van der Waals surface area contributed by atoms with Gasteiger partial charge in [-0.25, -0.2) is 0 Å². The number of piperazine rings is 1. The van der Waals surface area contributed by atoms with Gasteiger partial charge in [0.2, 0.25) is 5.91 Å². The molecule has 0 saturated carbocycles. The molecule has 23 heavy (non-hydrogen) atoms. The molecule has 2 aromatic heterocycles. The summed E-state index contributed by atoms with van der Waals surface area (Å²) in [5.74, 6) is 0.0614. The van der Waals surface area contributed by atoms with E-state index in [9.17, 15) is 4.79 Å². The van der Waals surface area contributed by atoms with E-state index in [2.05, 4.69) is 15.0 Å². The fourth-order valence-corrected chi connectivity index (χ4v) is 2.65. The van der Waals surface area contributed by atoms with Gasteiger partial charge >= 0.3 is 0 Å². The van der Waals surface area contributed by atoms with Gasteiger partial charge in [0.15, 0.2) is 0 Å². The van der Waals surface area contributed by atoms with Crippen molar-refractivity contribution >= 4 is 12.0 Å². The summed E-state index contributed by atoms with van der Waals surface area (Å²) in [6.45, 7) is 4.10. The van der Waals surface area contributed by atoms with Gasteiger partial charge in [-0.2, -0.15) is 5.10 Å². The molecule has 1 fully saturated rings. The number of hydrogen-bond acceptors (Lipinski definition) is 4. The third-order valence-electron chi connectivity index (χ3n) is 3.94. The Morgan fingerprint density at radius 2 is 2.09 bits per heavy atom. The summed E-state index contributed by atoms with van der Waals surface area (Å²) in [4.78, 5) is 20.8. The molecule has 0 bridgehead atoms. The van der Waals surface area contributed by atoms with Gasteiger partial charge in [0.05, 0.1) is 11.9 Å². The van der Waals surface area contributed by atoms with Crippen molar-refractivity contribution in [2.45, 2.75) is 6.54 Å². The molecule has 0 radical (unpaired) electrons. The lowest BCUT2D eigenvalue weighted by Gasteiger charge is -2.34. The first-order valence-electron chi connectivity index (χ1n) is 7.78. The second-order valence-corrected chi connectivity index (χ2v) is 5.70. The zero-order valence-corrected chi connectivity index (χ0v) is 13.3. The molecular formula is C17H21N5O. The largest absolute Gasteiger partial charge is 0.337 e. The predicted molar refractivity (Wildman–Crippen MR) is 88.3 cm³/mol. The number of rotatable bonds is 4. The minimum Gasteiger partial charge on any atom is -0.337 e. The van der Waals surface area contributed by atoms with Crippen LogP contribution in [-0.2, 0) is 18.4 Å². The van der Waals surface area contributed by atoms with Crippen LogP contribution in [0.5, 0.6) is 0 Å². The average Bonchev–Trinajstić information content (AvgIpc) is 3.00. The first kappa shape index (κ1) is 15.4. The lowest BCUT2D eigenvalue weighted by Crippen LogP contribution is -2.47. The van der Waals surface area contributed by atoms with E-state index in [0.29, 0.717) is 0 Å². The van der Waals surface area contributed by atoms with Crippen LogP contribution in [0.1, 0.15) is 11.3 Å². The van der Waals surface area contributed by atoms with Gasteiger partial charge in [-0.05, 0) is 18.2 Å². The molecule has 0 aromatic carbocycles. The zero-order chi connectivity index (χ0) is 16.1. The number of amides is 1. The number of hydrogen-bond donors (Lipinski definition) is 0. The normalized spacial score (nSPS) is 16.1. The fraction of sp³-hybridized carbons (Fsp3) is 0.353. The van der Waals surface area contributed by atoms with Crippen LogP contribution in [0, 0.1) is 0 Å². The Labute approximate surface area is 136 Å². The van der Waals surface area contributed by atoms with E-state index in [-0.39, 0.29) is 5.91 Å². The van der Waals surface area contributed by atoms with Gasteiger partial charge in [-0.3, -0.25) is 19.4 Å². The van der Waals surface area contributed by atoms with Crippen LogP contribution in [0.4, 0.5) is 0 Å². The second-order valence-electron chi connectivity index (χ2n) is 5.70. The molecule has 6 nitrogen and oxygen atoms in total. The van der Waals surface area contributed by atoms with E-state index >= 15 is 0 Å². The monoisotopic (exact) mass is 311 g/mol. The highest BCUT2D eigenvalue weighted by Crippen LogP contribution is 2.08. The van der Waals surface area contributed by atoms with Crippen molar-refractivity contribution in [3.8, 4) is 0 Å². The number of carbonyl (C=O) groups is 1. The van der Waals surface area contributed by atoms with Crippen molar-refractivity contribution in [2.75, 3.05) is 26.2 Å². The zero-order valence-electron chi connectivity index (χ0n) is 13.3. The Kier molecular flexibility index (Phi) is 4.83. The van der Waals surface area contributed by atoms with Gasteiger partial charge in [0.1, 0.15) is 0 Å². The summed E-state index contributed by atoms with van der Waals surface area (Å²) in [6.07, 6.45) is 8.89. The highest BCUT2D eigenvalue weighted by molar-refractivity contribution is 5.91. The van der Waals surface area contributed by atoms with E-state index in [4.69, 9.17) is 0 Å². The molecule has 0 unspecified atom stereocenters. The Bertz CT molecular complexity index is 671. The first-order valence-corrected chi connectivity index (χ1v) is 7.78. The fourth-order valence-electron chi connectivity index (χ4n) is 2.65. The maximum Gasteiger partial charge on any atom is 0.246 e. The van der Waals surface area contributed by atoms with Crippen LogP contribution in [0.25, 0.3) is 6.08 Å². The minimum atomic E-state index is 0.0614. The molecule has 0 aliphatic carbocycles. The van der Waals surface area contributed by atoms with Crippen molar-refractivity contribution in [3.63, 3.8) is 0 Å². The minimum absolute atomic E-state index is 0.0614. The van der Waals surface area contributed by atoms with Crippen molar-refractivity contribution in [1.29, 1.82) is 0 Å². The summed E-state index contributed by atoms with van der Waals surface area (Å²) < 4.78 is 1.72. The highest BCUT2D eigenvalue weighted by Gasteiger charge is 2.19. The van der Waals surface area contributed by atoms with Gasteiger partial charge in [0.25, 0.3) is 0 Å². The number of pyridine rings is 1. The standard InChI is InChI=1S/C17H21N5O/c1-20-13-15(12-19-20)5-6-17(23)22-10-8-21(9-11-22)14-16-4-2-3-7-18-16/h2-7,12-13H,8-11,14H2,1H3/b6-5+. The molecule has 0 atom stereocenters. The molecule has 1 aliphatic heterocycles. The Balaban J connectivity index is 1.48. The molecule has 1 aliphatic rings. The van der Waals surface area contributed by atoms with E-state index in [1.54, 1.807) is 17.0 Å². The SMILES string of the molecule is Cn1cc(/C=C/C(=O)N2CCN(Cc3ccccn3)CC2)cn1.